The van der Waals surface area contributed by atoms with Crippen LogP contribution in [-0.2, 0) is 16.2 Å². The minimum absolute atomic E-state index is 0.0517. The molecule has 0 amide bonds. The maximum Gasteiger partial charge on any atom is 0.0532 e. The molecule has 2 unspecified atom stereocenters. The average molecular weight is 1150 g/mol. The molecule has 2 atom stereocenters. The first-order valence-corrected chi connectivity index (χ1v) is 31.8. The number of rotatable bonds is 13. The number of anilines is 4. The van der Waals surface area contributed by atoms with Crippen molar-refractivity contribution in [1.29, 1.82) is 0 Å². The van der Waals surface area contributed by atoms with Gasteiger partial charge in [-0.2, -0.15) is 0 Å². The summed E-state index contributed by atoms with van der Waals surface area (Å²) in [5.41, 5.74) is 27.6. The monoisotopic (exact) mass is 1150 g/mol. The van der Waals surface area contributed by atoms with Gasteiger partial charge < -0.3 is 9.80 Å². The Balaban J connectivity index is 1.01. The third-order valence-corrected chi connectivity index (χ3v) is 20.6. The lowest BCUT2D eigenvalue weighted by atomic mass is 9.76. The number of benzene rings is 7. The molecule has 0 heterocycles. The van der Waals surface area contributed by atoms with Gasteiger partial charge in [0.05, 0.1) is 5.92 Å². The van der Waals surface area contributed by atoms with Crippen molar-refractivity contribution < 1.29 is 0 Å². The van der Waals surface area contributed by atoms with Crippen LogP contribution >= 0.6 is 0 Å². The molecule has 0 saturated heterocycles. The van der Waals surface area contributed by atoms with E-state index in [1.165, 1.54) is 105 Å². The Morgan fingerprint density at radius 2 is 1.24 bits per heavy atom. The molecule has 0 radical (unpaired) electrons. The maximum atomic E-state index is 6.15. The molecule has 1 fully saturated rings. The van der Waals surface area contributed by atoms with Crippen LogP contribution in [0.2, 0.25) is 0 Å². The van der Waals surface area contributed by atoms with Gasteiger partial charge in [0, 0.05) is 64.1 Å². The van der Waals surface area contributed by atoms with E-state index in [-0.39, 0.29) is 33.5 Å². The first-order valence-electron chi connectivity index (χ1n) is 31.8. The van der Waals surface area contributed by atoms with E-state index >= 15 is 0 Å². The lowest BCUT2D eigenvalue weighted by Crippen LogP contribution is -2.34. The van der Waals surface area contributed by atoms with Crippen molar-refractivity contribution in [1.82, 2.24) is 0 Å². The second-order valence-corrected chi connectivity index (χ2v) is 27.0. The highest BCUT2D eigenvalue weighted by Gasteiger charge is 2.47. The van der Waals surface area contributed by atoms with Crippen molar-refractivity contribution in [3.05, 3.63) is 321 Å². The van der Waals surface area contributed by atoms with Gasteiger partial charge in [0.15, 0.2) is 0 Å². The Labute approximate surface area is 529 Å². The predicted molar refractivity (Wildman–Crippen MR) is 380 cm³/mol. The second kappa shape index (κ2) is 22.5. The van der Waals surface area contributed by atoms with E-state index in [1.807, 2.05) is 18.2 Å². The lowest BCUT2D eigenvalue weighted by molar-refractivity contribution is 0.340. The normalized spacial score (nSPS) is 20.7. The summed E-state index contributed by atoms with van der Waals surface area (Å²) in [6.07, 6.45) is 32.1. The highest BCUT2D eigenvalue weighted by Crippen LogP contribution is 2.56. The third kappa shape index (κ3) is 9.59. The van der Waals surface area contributed by atoms with E-state index < -0.39 is 0 Å². The fraction of sp³-hybridized carbons (Fsp3) is 0.218. The maximum absolute atomic E-state index is 6.15. The molecule has 7 aromatic rings. The molecule has 6 aliphatic carbocycles. The van der Waals surface area contributed by atoms with Crippen LogP contribution in [0.4, 0.5) is 22.7 Å². The third-order valence-electron chi connectivity index (χ3n) is 20.6. The molecule has 0 aromatic heterocycles. The summed E-state index contributed by atoms with van der Waals surface area (Å²) < 4.78 is 0. The van der Waals surface area contributed by atoms with Crippen LogP contribution < -0.4 is 20.2 Å². The molecule has 0 N–H and O–H groups in total. The van der Waals surface area contributed by atoms with E-state index in [9.17, 15) is 0 Å². The Hall–Kier alpha value is -9.60. The van der Waals surface area contributed by atoms with Crippen molar-refractivity contribution in [2.45, 2.75) is 98.3 Å². The molecule has 0 aliphatic heterocycles. The van der Waals surface area contributed by atoms with E-state index in [1.54, 1.807) is 0 Å². The number of fused-ring (bicyclic) bond motifs is 7. The molecule has 6 aliphatic rings. The Bertz CT molecular complexity index is 4640. The van der Waals surface area contributed by atoms with Crippen molar-refractivity contribution in [3.63, 3.8) is 0 Å². The second-order valence-electron chi connectivity index (χ2n) is 27.0. The Morgan fingerprint density at radius 3 is 1.94 bits per heavy atom. The summed E-state index contributed by atoms with van der Waals surface area (Å²) in [5, 5.41) is 2.42. The van der Waals surface area contributed by atoms with Crippen LogP contribution in [-0.4, -0.2) is 6.54 Å². The summed E-state index contributed by atoms with van der Waals surface area (Å²) in [6.45, 7) is 32.5. The average Bonchev–Trinajstić information content (AvgIpc) is 1.76. The minimum atomic E-state index is -0.282. The van der Waals surface area contributed by atoms with Gasteiger partial charge in [-0.1, -0.05) is 244 Å². The zero-order valence-corrected chi connectivity index (χ0v) is 53.5. The number of hydrogen-bond donors (Lipinski definition) is 0. The fourth-order valence-electron chi connectivity index (χ4n) is 16.0. The Kier molecular flexibility index (Phi) is 14.8. The van der Waals surface area contributed by atoms with E-state index in [0.29, 0.717) is 6.54 Å². The molecular weight excluding hydrogens is 1070 g/mol. The molecular formula is C87H80N2. The SMILES string of the molecule is C#C/C=C1\C(=C/CN(/C=C/C=C2\CC(c3ccccc3)=c3ccc(N(c4ccc5c(c4)C(C)(C)C(C=C)=C5C=C)c4ccc5c(c4)C(C)(C)c4ccccc4-5)cc3=C2c2ccccc2)c2ccc3c(c2)C(C)(C)C(/C=C\C)=C3C)C(C)(C)C2C=CCC#CC12. The molecule has 1 saturated carbocycles. The molecule has 438 valence electrons. The quantitative estimate of drug-likeness (QED) is 0.0839. The van der Waals surface area contributed by atoms with Gasteiger partial charge in [-0.05, 0) is 203 Å². The van der Waals surface area contributed by atoms with Gasteiger partial charge in [0.25, 0.3) is 0 Å². The zero-order valence-electron chi connectivity index (χ0n) is 53.5. The van der Waals surface area contributed by atoms with Crippen LogP contribution in [0.3, 0.4) is 0 Å². The Morgan fingerprint density at radius 1 is 0.629 bits per heavy atom. The van der Waals surface area contributed by atoms with Gasteiger partial charge in [-0.3, -0.25) is 0 Å². The first kappa shape index (κ1) is 58.4. The van der Waals surface area contributed by atoms with Crippen LogP contribution in [0.25, 0.3) is 33.4 Å². The van der Waals surface area contributed by atoms with Gasteiger partial charge in [0.2, 0.25) is 0 Å². The van der Waals surface area contributed by atoms with Crippen molar-refractivity contribution >= 4 is 45.0 Å². The first-order chi connectivity index (χ1) is 42.9. The summed E-state index contributed by atoms with van der Waals surface area (Å²) in [5.74, 6) is 10.3. The largest absolute Gasteiger partial charge is 0.344 e. The van der Waals surface area contributed by atoms with Crippen LogP contribution in [0, 0.1) is 41.4 Å². The van der Waals surface area contributed by atoms with Gasteiger partial charge in [-0.25, -0.2) is 0 Å². The highest BCUT2D eigenvalue weighted by molar-refractivity contribution is 5.92. The predicted octanol–water partition coefficient (Wildman–Crippen LogP) is 20.0. The van der Waals surface area contributed by atoms with Gasteiger partial charge >= 0.3 is 0 Å². The molecule has 0 bridgehead atoms. The molecule has 13 rings (SSSR count). The summed E-state index contributed by atoms with van der Waals surface area (Å²) in [6, 6.07) is 59.5. The molecule has 7 aromatic carbocycles. The molecule has 2 nitrogen and oxygen atoms in total. The number of terminal acetylenes is 1. The molecule has 2 heteroatoms. The van der Waals surface area contributed by atoms with Crippen LogP contribution in [0.15, 0.2) is 266 Å². The van der Waals surface area contributed by atoms with Gasteiger partial charge in [-0.15, -0.1) is 6.42 Å². The minimum Gasteiger partial charge on any atom is -0.344 e. The molecule has 0 spiro atoms. The van der Waals surface area contributed by atoms with E-state index in [4.69, 9.17) is 6.42 Å². The van der Waals surface area contributed by atoms with Crippen molar-refractivity contribution in [2.75, 3.05) is 16.3 Å². The zero-order chi connectivity index (χ0) is 62.1. The lowest BCUT2D eigenvalue weighted by Gasteiger charge is -2.30. The molecule has 89 heavy (non-hydrogen) atoms. The number of nitrogens with zero attached hydrogens (tertiary/aromatic N) is 2. The van der Waals surface area contributed by atoms with Crippen LogP contribution in [0.1, 0.15) is 127 Å². The van der Waals surface area contributed by atoms with Crippen LogP contribution in [0.5, 0.6) is 0 Å². The standard InChI is InChI=1S/C87H80N2/c1-14-30-68-69-37-25-20-26-39-77(69)86(10,11)79(68)49-51-88(61-41-45-66-57(5)76(31-15-2)85(8,9)80(66)54-61)50-29-36-60-52-73(58-32-21-18-22-33-58)67-46-42-62(53-74(67)83(60)59-34-23-19-24-35-59)89(63-43-47-71-65(16-3)75(17-4)84(6,7)81(71)55-63)64-44-48-72-70-38-27-28-40-78(70)87(12,13)82(72)56-64/h1,15-19,21-24,26-36,38-50,53-56,69,77H,3-4,20,51-52H2,2,5-13H3/b31-15-,50-29+,60-36+,68-30-,79-49+. The topological polar surface area (TPSA) is 6.48 Å². The van der Waals surface area contributed by atoms with Crippen molar-refractivity contribution in [2.24, 2.45) is 17.3 Å². The summed E-state index contributed by atoms with van der Waals surface area (Å²) >= 11 is 0. The summed E-state index contributed by atoms with van der Waals surface area (Å²) in [7, 11) is 0. The number of allylic oxidation sites excluding steroid dienone is 16. The van der Waals surface area contributed by atoms with Crippen molar-refractivity contribution in [3.8, 4) is 35.3 Å². The smallest absolute Gasteiger partial charge is 0.0532 e. The van der Waals surface area contributed by atoms with E-state index in [2.05, 4.69) is 316 Å². The summed E-state index contributed by atoms with van der Waals surface area (Å²) in [4.78, 5) is 4.93. The van der Waals surface area contributed by atoms with Gasteiger partial charge in [0.1, 0.15) is 0 Å². The fourth-order valence-corrected chi connectivity index (χ4v) is 16.0. The highest BCUT2D eigenvalue weighted by atomic mass is 15.1. The van der Waals surface area contributed by atoms with E-state index in [0.717, 1.165) is 46.7 Å². The number of hydrogen-bond acceptors (Lipinski definition) is 2.